The van der Waals surface area contributed by atoms with Gasteiger partial charge in [0.2, 0.25) is 0 Å². The second kappa shape index (κ2) is 24.3. The predicted molar refractivity (Wildman–Crippen MR) is 261 cm³/mol. The van der Waals surface area contributed by atoms with E-state index in [0.29, 0.717) is 106 Å². The molecule has 0 saturated carbocycles. The van der Waals surface area contributed by atoms with Crippen LogP contribution in [0.25, 0.3) is 0 Å². The zero-order chi connectivity index (χ0) is 49.9. The van der Waals surface area contributed by atoms with Crippen molar-refractivity contribution in [3.63, 3.8) is 0 Å². The van der Waals surface area contributed by atoms with E-state index in [1.807, 2.05) is 10.3 Å². The highest BCUT2D eigenvalue weighted by molar-refractivity contribution is 7.12. The summed E-state index contributed by atoms with van der Waals surface area (Å²) in [6.07, 6.45) is 7.60. The molecule has 2 aromatic carbocycles. The maximum atomic E-state index is 14.3. The molecule has 8 rings (SSSR count). The molecule has 4 unspecified atom stereocenters. The van der Waals surface area contributed by atoms with Crippen LogP contribution < -0.4 is 10.6 Å². The number of halogens is 4. The van der Waals surface area contributed by atoms with E-state index < -0.39 is 47.9 Å². The number of carbonyl (C=O) groups excluding carboxylic acids is 2. The van der Waals surface area contributed by atoms with Gasteiger partial charge >= 0.3 is 23.9 Å². The van der Waals surface area contributed by atoms with Gasteiger partial charge in [0.05, 0.1) is 55.8 Å². The highest BCUT2D eigenvalue weighted by atomic mass is 35.5. The number of ether oxygens (including phenoxy) is 4. The highest BCUT2D eigenvalue weighted by Crippen LogP contribution is 2.39. The smallest absolute Gasteiger partial charge is 0.338 e. The molecule has 4 aliphatic heterocycles. The molecule has 24 heteroatoms. The van der Waals surface area contributed by atoms with Crippen LogP contribution in [0.15, 0.2) is 116 Å². The first-order valence-electron chi connectivity index (χ1n) is 21.2. The molecular weight excluding hydrogens is 1010 g/mol. The van der Waals surface area contributed by atoms with Crippen molar-refractivity contribution in [2.24, 2.45) is 9.98 Å². The lowest BCUT2D eigenvalue weighted by Crippen LogP contribution is -2.46. The first-order chi connectivity index (χ1) is 33.7. The number of carboxylic acid groups (broad SMARTS) is 2. The van der Waals surface area contributed by atoms with Gasteiger partial charge in [-0.2, -0.15) is 0 Å². The predicted octanol–water partition coefficient (Wildman–Crippen LogP) is 6.11. The standard InChI is InChI=1S/C23H22Cl2N4O5S.C23H22ClFN4O5S/c1-33-23(32)19-17(12-29-7-8-34-14(11-29)3-5-18(30)31)27-21(22-26-6-9-35-22)28-20(19)15-4-2-13(24)10-16(15)25;1-33-23(32)18-16(12-29-8-9-34-13(11-29)5-6-17(30)31)27-21(22-26-7-10-35-22)28-20(18)14-3-2-4-15(25)19(14)24/h2-6,9-10,14,20H,7-8,11-12H2,1H3,(H,27,28)(H,30,31);2-7,10,13,20H,8-9,11-12H2,1H3,(H,27,28)(H,30,31)/b5-3+;6-5+. The Kier molecular flexibility index (Phi) is 18.0. The normalized spacial score (nSPS) is 21.1. The van der Waals surface area contributed by atoms with Crippen molar-refractivity contribution in [2.75, 3.05) is 66.7 Å². The summed E-state index contributed by atoms with van der Waals surface area (Å²) in [5.41, 5.74) is 2.55. The quantitative estimate of drug-likeness (QED) is 0.0826. The van der Waals surface area contributed by atoms with Crippen LogP contribution in [-0.2, 0) is 38.1 Å². The number of thiazole rings is 2. The van der Waals surface area contributed by atoms with Crippen molar-refractivity contribution in [3.05, 3.63) is 148 Å². The lowest BCUT2D eigenvalue weighted by Gasteiger charge is -2.34. The molecule has 0 aliphatic carbocycles. The number of rotatable bonds is 14. The van der Waals surface area contributed by atoms with Gasteiger partial charge in [-0.25, -0.2) is 33.5 Å². The maximum Gasteiger partial charge on any atom is 0.338 e. The summed E-state index contributed by atoms with van der Waals surface area (Å²) < 4.78 is 35.8. The molecule has 2 fully saturated rings. The Hall–Kier alpha value is -5.88. The number of benzene rings is 2. The third kappa shape index (κ3) is 13.1. The van der Waals surface area contributed by atoms with Gasteiger partial charge in [-0.15, -0.1) is 22.7 Å². The summed E-state index contributed by atoms with van der Waals surface area (Å²) in [5, 5.41) is 29.9. The number of esters is 2. The number of carbonyl (C=O) groups is 4. The molecule has 0 amide bonds. The van der Waals surface area contributed by atoms with Crippen molar-refractivity contribution in [1.29, 1.82) is 0 Å². The van der Waals surface area contributed by atoms with Crippen LogP contribution in [0.2, 0.25) is 15.1 Å². The highest BCUT2D eigenvalue weighted by Gasteiger charge is 2.37. The van der Waals surface area contributed by atoms with E-state index in [4.69, 9.17) is 69.0 Å². The molecule has 4 N–H and O–H groups in total. The minimum absolute atomic E-state index is 0.132. The summed E-state index contributed by atoms with van der Waals surface area (Å²) in [6, 6.07) is 7.73. The van der Waals surface area contributed by atoms with E-state index in [-0.39, 0.29) is 23.2 Å². The number of nitrogens with one attached hydrogen (secondary N) is 2. The van der Waals surface area contributed by atoms with Gasteiger partial charge in [-0.05, 0) is 30.4 Å². The molecule has 0 spiro atoms. The Morgan fingerprint density at radius 3 is 1.71 bits per heavy atom. The summed E-state index contributed by atoms with van der Waals surface area (Å²) in [4.78, 5) is 70.0. The number of hydrogen-bond donors (Lipinski definition) is 4. The van der Waals surface area contributed by atoms with E-state index in [0.717, 1.165) is 12.2 Å². The van der Waals surface area contributed by atoms with Crippen molar-refractivity contribution >= 4 is 93.0 Å². The van der Waals surface area contributed by atoms with Gasteiger partial charge in [0.1, 0.15) is 17.9 Å². The van der Waals surface area contributed by atoms with Crippen LogP contribution in [-0.4, -0.2) is 144 Å². The van der Waals surface area contributed by atoms with Crippen molar-refractivity contribution in [2.45, 2.75) is 24.3 Å². The van der Waals surface area contributed by atoms with E-state index in [1.54, 1.807) is 42.0 Å². The van der Waals surface area contributed by atoms with Gasteiger partial charge in [0, 0.05) is 107 Å². The fourth-order valence-corrected chi connectivity index (χ4v) is 9.67. The fraction of sp³-hybridized carbons (Fsp3) is 0.304. The van der Waals surface area contributed by atoms with E-state index in [2.05, 4.69) is 30.5 Å². The second-order valence-electron chi connectivity index (χ2n) is 15.4. The molecule has 70 heavy (non-hydrogen) atoms. The topological polar surface area (TPSA) is 227 Å². The van der Waals surface area contributed by atoms with Gasteiger partial charge < -0.3 is 39.8 Å². The number of hydrogen-bond acceptors (Lipinski definition) is 18. The number of morpholine rings is 2. The van der Waals surface area contributed by atoms with Gasteiger partial charge in [0.25, 0.3) is 0 Å². The Labute approximate surface area is 423 Å². The number of aromatic nitrogens is 2. The van der Waals surface area contributed by atoms with Gasteiger partial charge in [0.15, 0.2) is 21.7 Å². The summed E-state index contributed by atoms with van der Waals surface area (Å²) in [6.45, 7) is 3.39. The van der Waals surface area contributed by atoms with E-state index in [9.17, 15) is 23.6 Å². The number of amidine groups is 2. The zero-order valence-corrected chi connectivity index (χ0v) is 41.1. The minimum Gasteiger partial charge on any atom is -0.478 e. The molecule has 2 aromatic heterocycles. The molecule has 4 aliphatic rings. The first kappa shape index (κ1) is 52.0. The van der Waals surface area contributed by atoms with Crippen molar-refractivity contribution in [1.82, 2.24) is 30.4 Å². The molecule has 2 saturated heterocycles. The van der Waals surface area contributed by atoms with Crippen LogP contribution in [0.3, 0.4) is 0 Å². The minimum atomic E-state index is -1.06. The van der Waals surface area contributed by atoms with Gasteiger partial charge in [-0.1, -0.05) is 53.0 Å². The fourth-order valence-electron chi connectivity index (χ4n) is 7.75. The lowest BCUT2D eigenvalue weighted by atomic mass is 9.95. The van der Waals surface area contributed by atoms with E-state index >= 15 is 0 Å². The Morgan fingerprint density at radius 2 is 1.27 bits per heavy atom. The summed E-state index contributed by atoms with van der Waals surface area (Å²) in [7, 11) is 2.58. The lowest BCUT2D eigenvalue weighted by molar-refractivity contribution is -0.137. The largest absolute Gasteiger partial charge is 0.478 e. The average molecular weight is 1060 g/mol. The number of aliphatic carboxylic acids is 2. The molecule has 4 aromatic rings. The first-order valence-corrected chi connectivity index (χ1v) is 24.1. The number of carboxylic acids is 2. The Balaban J connectivity index is 0.000000206. The third-order valence-electron chi connectivity index (χ3n) is 10.9. The van der Waals surface area contributed by atoms with Crippen LogP contribution in [0.1, 0.15) is 33.2 Å². The second-order valence-corrected chi connectivity index (χ2v) is 18.5. The molecule has 18 nitrogen and oxygen atoms in total. The molecule has 368 valence electrons. The number of aliphatic imine (C=N–C) groups is 2. The van der Waals surface area contributed by atoms with Crippen molar-refractivity contribution < 1.29 is 52.7 Å². The number of nitrogens with zero attached hydrogens (tertiary/aromatic N) is 6. The van der Waals surface area contributed by atoms with Crippen LogP contribution in [0.5, 0.6) is 0 Å². The monoisotopic (exact) mass is 1060 g/mol. The maximum absolute atomic E-state index is 14.3. The average Bonchev–Trinajstić information content (AvgIpc) is 4.10. The molecular formula is C46H44Cl3FN8O10S2. The summed E-state index contributed by atoms with van der Waals surface area (Å²) in [5.74, 6) is -2.97. The van der Waals surface area contributed by atoms with Crippen molar-refractivity contribution in [3.8, 4) is 0 Å². The van der Waals surface area contributed by atoms with Crippen LogP contribution in [0.4, 0.5) is 4.39 Å². The van der Waals surface area contributed by atoms with Gasteiger partial charge in [-0.3, -0.25) is 19.8 Å². The molecule has 0 radical (unpaired) electrons. The van der Waals surface area contributed by atoms with Crippen LogP contribution in [0, 0.1) is 5.82 Å². The SMILES string of the molecule is COC(=O)C1=C(CN2CCOC(/C=C/C(=O)O)C2)NC(c2nccs2)=NC1c1ccc(Cl)cc1Cl.COC(=O)C1=C(CN2CCOC(/C=C/C(=O)O)C2)NC(c2nccs2)=NC1c1cccc(F)c1Cl. The third-order valence-corrected chi connectivity index (χ3v) is 13.4. The Morgan fingerprint density at radius 1 is 0.771 bits per heavy atom. The number of methoxy groups -OCH3 is 2. The van der Waals surface area contributed by atoms with Crippen LogP contribution >= 0.6 is 57.5 Å². The van der Waals surface area contributed by atoms with E-state index in [1.165, 1.54) is 61.2 Å². The molecule has 4 atom stereocenters. The molecule has 0 bridgehead atoms. The molecule has 6 heterocycles. The zero-order valence-electron chi connectivity index (χ0n) is 37.2. The summed E-state index contributed by atoms with van der Waals surface area (Å²) >= 11 is 21.7. The Bertz CT molecular complexity index is 2770.